The first kappa shape index (κ1) is 64.6. The molecule has 0 bridgehead atoms. The van der Waals surface area contributed by atoms with Crippen LogP contribution in [0.15, 0.2) is 48.5 Å². The van der Waals surface area contributed by atoms with E-state index in [1.165, 1.54) is 11.8 Å². The molecule has 0 aromatic heterocycles. The zero-order valence-corrected chi connectivity index (χ0v) is 44.2. The minimum Gasteiger partial charge on any atom is -0.481 e. The molecule has 79 heavy (non-hydrogen) atoms. The van der Waals surface area contributed by atoms with Crippen LogP contribution in [0.2, 0.25) is 0 Å². The number of nitrogens with two attached hydrogens (primary N) is 3. The number of carbonyl (C=O) groups is 11. The molecule has 1 aliphatic carbocycles. The molecule has 0 heterocycles. The predicted octanol–water partition coefficient (Wildman–Crippen LogP) is -2.21. The lowest BCUT2D eigenvalue weighted by Crippen LogP contribution is -2.60. The Hall–Kier alpha value is -8.70. The highest BCUT2D eigenvalue weighted by molar-refractivity contribution is 7.98. The Morgan fingerprint density at radius 3 is 1.29 bits per heavy atom. The molecule has 30 heteroatoms. The Kier molecular flexibility index (Phi) is 27.4. The number of hydrogen-bond acceptors (Lipinski definition) is 15. The lowest BCUT2D eigenvalue weighted by Gasteiger charge is -2.27. The van der Waals surface area contributed by atoms with E-state index in [0.717, 1.165) is 22.3 Å². The first-order valence-electron chi connectivity index (χ1n) is 25.0. The number of carboxylic acids is 3. The summed E-state index contributed by atoms with van der Waals surface area (Å²) < 4.78 is 5.57. The van der Waals surface area contributed by atoms with Gasteiger partial charge in [0, 0.05) is 38.3 Å². The van der Waals surface area contributed by atoms with Gasteiger partial charge < -0.3 is 85.1 Å². The Morgan fingerprint density at radius 1 is 0.519 bits per heavy atom. The number of ether oxygens (including phenoxy) is 1. The fourth-order valence-electron chi connectivity index (χ4n) is 8.16. The van der Waals surface area contributed by atoms with Gasteiger partial charge in [0.1, 0.15) is 49.4 Å². The maximum Gasteiger partial charge on any atom is 0.407 e. The van der Waals surface area contributed by atoms with Gasteiger partial charge in [-0.2, -0.15) is 11.8 Å². The van der Waals surface area contributed by atoms with E-state index in [4.69, 9.17) is 37.9 Å². The van der Waals surface area contributed by atoms with E-state index in [-0.39, 0.29) is 69.4 Å². The highest BCUT2D eigenvalue weighted by atomic mass is 32.2. The van der Waals surface area contributed by atoms with Gasteiger partial charge in [-0.3, -0.25) is 58.8 Å². The highest BCUT2D eigenvalue weighted by Gasteiger charge is 2.35. The zero-order chi connectivity index (χ0) is 58.6. The SMILES string of the molecule is CSCC[C@H](NC(=O)[C@H](CCC(=O)O)NC(=O)[C@H](CCC(=O)O)NC(=O)OCC1c2ccccc2-c2ccccc21)C(=O)N[C@@H](CCC(N)=O)C(=O)N[C@@H](CCCNC(=N)N)C(=O)N[C@@H](CCCNC(=N)N)C(=O)NCC(=O)O. The van der Waals surface area contributed by atoms with Crippen molar-refractivity contribution in [2.45, 2.75) is 113 Å². The molecule has 432 valence electrons. The van der Waals surface area contributed by atoms with E-state index in [1.54, 1.807) is 6.26 Å². The predicted molar refractivity (Wildman–Crippen MR) is 286 cm³/mol. The molecule has 0 fully saturated rings. The summed E-state index contributed by atoms with van der Waals surface area (Å²) in [5.74, 6) is -12.1. The lowest BCUT2D eigenvalue weighted by atomic mass is 9.98. The van der Waals surface area contributed by atoms with E-state index in [1.807, 2.05) is 48.5 Å². The molecule has 0 saturated carbocycles. The summed E-state index contributed by atoms with van der Waals surface area (Å²) >= 11 is 1.24. The van der Waals surface area contributed by atoms with Crippen LogP contribution in [0.3, 0.4) is 0 Å². The van der Waals surface area contributed by atoms with Crippen LogP contribution in [0.4, 0.5) is 4.79 Å². The van der Waals surface area contributed by atoms with Crippen LogP contribution in [0, 0.1) is 10.8 Å². The van der Waals surface area contributed by atoms with Crippen LogP contribution in [0.5, 0.6) is 0 Å². The quantitative estimate of drug-likeness (QED) is 0.0195. The molecule has 3 rings (SSSR count). The summed E-state index contributed by atoms with van der Waals surface area (Å²) in [5, 5.41) is 64.9. The molecule has 29 nitrogen and oxygen atoms in total. The molecular formula is C49H70N14O15S. The third-order valence-electron chi connectivity index (χ3n) is 12.1. The molecule has 1 aliphatic rings. The van der Waals surface area contributed by atoms with Gasteiger partial charge in [0.15, 0.2) is 11.9 Å². The van der Waals surface area contributed by atoms with Crippen molar-refractivity contribution in [3.8, 4) is 11.1 Å². The molecule has 0 aliphatic heterocycles. The van der Waals surface area contributed by atoms with Gasteiger partial charge in [-0.05, 0) is 85.6 Å². The smallest absolute Gasteiger partial charge is 0.407 e. The molecule has 6 atom stereocenters. The summed E-state index contributed by atoms with van der Waals surface area (Å²) in [6, 6.07) is 5.67. The minimum absolute atomic E-state index is 0.0267. The topological polar surface area (TPSA) is 492 Å². The molecule has 0 spiro atoms. The molecule has 2 aromatic rings. The number of aliphatic carboxylic acids is 3. The van der Waals surface area contributed by atoms with E-state index < -0.39 is 153 Å². The van der Waals surface area contributed by atoms with Crippen LogP contribution < -0.4 is 65.1 Å². The number of nitrogens with one attached hydrogen (secondary N) is 11. The number of benzene rings is 2. The van der Waals surface area contributed by atoms with Crippen LogP contribution >= 0.6 is 11.8 Å². The summed E-state index contributed by atoms with van der Waals surface area (Å²) in [4.78, 5) is 143. The van der Waals surface area contributed by atoms with Crippen LogP contribution in [-0.2, 0) is 52.7 Å². The molecule has 8 amide bonds. The Bertz CT molecular complexity index is 2490. The van der Waals surface area contributed by atoms with E-state index in [2.05, 4.69) is 47.9 Å². The van der Waals surface area contributed by atoms with Crippen molar-refractivity contribution in [3.63, 3.8) is 0 Å². The van der Waals surface area contributed by atoms with Gasteiger partial charge in [-0.15, -0.1) is 0 Å². The van der Waals surface area contributed by atoms with Crippen molar-refractivity contribution in [3.05, 3.63) is 59.7 Å². The number of carbonyl (C=O) groups excluding carboxylic acids is 8. The number of amides is 8. The van der Waals surface area contributed by atoms with Crippen LogP contribution in [0.1, 0.15) is 87.7 Å². The number of alkyl carbamates (subject to hydrolysis) is 1. The summed E-state index contributed by atoms with van der Waals surface area (Å²) in [7, 11) is 0. The average Bonchev–Trinajstić information content (AvgIpc) is 3.77. The first-order valence-corrected chi connectivity index (χ1v) is 26.4. The van der Waals surface area contributed by atoms with E-state index in [9.17, 15) is 63.0 Å². The number of fused-ring (bicyclic) bond motifs is 3. The van der Waals surface area contributed by atoms with Crippen molar-refractivity contribution in [1.29, 1.82) is 10.8 Å². The number of hydrogen-bond donors (Lipinski definition) is 17. The highest BCUT2D eigenvalue weighted by Crippen LogP contribution is 2.44. The average molecular weight is 1130 g/mol. The van der Waals surface area contributed by atoms with Gasteiger partial charge in [0.05, 0.1) is 0 Å². The molecule has 20 N–H and O–H groups in total. The second kappa shape index (κ2) is 33.5. The van der Waals surface area contributed by atoms with Gasteiger partial charge in [0.25, 0.3) is 0 Å². The molecule has 2 aromatic carbocycles. The standard InChI is InChI=1S/C49H70N14O15S/c1-79-23-20-36(46(76)60-33(14-17-37(50)64)43(73)59-32(13-7-22-56-48(53)54)42(72)58-31(12-6-21-55-47(51)52)41(71)57-24-40(69)70)62-44(74)34(15-18-38(65)66)61-45(75)35(16-19-39(67)68)63-49(77)78-25-30-28-10-4-2-8-26(28)27-9-3-5-11-29(27)30/h2-5,8-11,30-36H,6-7,12-25H2,1H3,(H2,50,64)(H,57,71)(H,58,72)(H,59,73)(H,60,76)(H,61,75)(H,62,74)(H,63,77)(H,65,66)(H,67,68)(H,69,70)(H4,51,52,55)(H4,53,54,56)/t31-,32-,33-,34-,35-,36-/m0/s1. The lowest BCUT2D eigenvalue weighted by molar-refractivity contribution is -0.139. The maximum atomic E-state index is 14.2. The van der Waals surface area contributed by atoms with Crippen molar-refractivity contribution in [1.82, 2.24) is 47.9 Å². The van der Waals surface area contributed by atoms with Crippen molar-refractivity contribution in [2.24, 2.45) is 17.2 Å². The summed E-state index contributed by atoms with van der Waals surface area (Å²) in [6.07, 6.45) is -2.95. The summed E-state index contributed by atoms with van der Waals surface area (Å²) in [6.45, 7) is -0.860. The number of primary amides is 1. The summed E-state index contributed by atoms with van der Waals surface area (Å²) in [5.41, 5.74) is 19.8. The maximum absolute atomic E-state index is 14.2. The fraction of sp³-hybridized carbons (Fsp3) is 0.490. The second-order valence-corrected chi connectivity index (χ2v) is 19.0. The van der Waals surface area contributed by atoms with Gasteiger partial charge in [-0.1, -0.05) is 48.5 Å². The number of carboxylic acid groups (broad SMARTS) is 3. The zero-order valence-electron chi connectivity index (χ0n) is 43.4. The largest absolute Gasteiger partial charge is 0.481 e. The number of guanidine groups is 2. The van der Waals surface area contributed by atoms with Crippen molar-refractivity contribution in [2.75, 3.05) is 38.2 Å². The van der Waals surface area contributed by atoms with Crippen LogP contribution in [-0.4, -0.2) is 167 Å². The first-order chi connectivity index (χ1) is 37.5. The van der Waals surface area contributed by atoms with Gasteiger partial charge in [-0.25, -0.2) is 4.79 Å². The Morgan fingerprint density at radius 2 is 0.899 bits per heavy atom. The Labute approximate surface area is 458 Å². The van der Waals surface area contributed by atoms with Crippen LogP contribution in [0.25, 0.3) is 11.1 Å². The van der Waals surface area contributed by atoms with Gasteiger partial charge in [0.2, 0.25) is 41.4 Å². The third kappa shape index (κ3) is 23.2. The fourth-order valence-corrected chi connectivity index (χ4v) is 8.63. The normalized spacial score (nSPS) is 13.6. The molecule has 0 unspecified atom stereocenters. The van der Waals surface area contributed by atoms with Gasteiger partial charge >= 0.3 is 24.0 Å². The Balaban J connectivity index is 1.86. The molecule has 0 radical (unpaired) electrons. The van der Waals surface area contributed by atoms with E-state index in [0.29, 0.717) is 0 Å². The molecule has 0 saturated heterocycles. The monoisotopic (exact) mass is 1130 g/mol. The number of thioether (sulfide) groups is 1. The minimum atomic E-state index is -1.71. The second-order valence-electron chi connectivity index (χ2n) is 18.1. The third-order valence-corrected chi connectivity index (χ3v) is 12.7. The van der Waals surface area contributed by atoms with Crippen molar-refractivity contribution < 1.29 is 72.8 Å². The number of rotatable bonds is 36. The van der Waals surface area contributed by atoms with Crippen molar-refractivity contribution >= 4 is 89.0 Å². The molecular weight excluding hydrogens is 1060 g/mol. The van der Waals surface area contributed by atoms with E-state index >= 15 is 0 Å².